The molecule has 0 aliphatic carbocycles. The number of hydrogen-bond donors (Lipinski definition) is 1. The van der Waals surface area contributed by atoms with Gasteiger partial charge in [0.25, 0.3) is 5.91 Å². The summed E-state index contributed by atoms with van der Waals surface area (Å²) in [6.07, 6.45) is 5.04. The van der Waals surface area contributed by atoms with Gasteiger partial charge in [0.15, 0.2) is 0 Å². The Morgan fingerprint density at radius 1 is 1.60 bits per heavy atom. The van der Waals surface area contributed by atoms with Crippen molar-refractivity contribution in [1.29, 1.82) is 0 Å². The Balaban J connectivity index is 2.09. The van der Waals surface area contributed by atoms with Crippen molar-refractivity contribution in [2.75, 3.05) is 13.1 Å². The second-order valence-corrected chi connectivity index (χ2v) is 4.28. The maximum absolute atomic E-state index is 11.9. The zero-order valence-electron chi connectivity index (χ0n) is 8.35. The molecule has 0 fully saturated rings. The van der Waals surface area contributed by atoms with Crippen LogP contribution in [0.2, 0.25) is 0 Å². The van der Waals surface area contributed by atoms with Crippen LogP contribution in [0.1, 0.15) is 21.9 Å². The van der Waals surface area contributed by atoms with E-state index in [1.807, 2.05) is 6.08 Å². The van der Waals surface area contributed by atoms with E-state index < -0.39 is 0 Å². The second kappa shape index (κ2) is 4.55. The number of rotatable bonds is 2. The Kier molecular flexibility index (Phi) is 3.13. The molecule has 1 aromatic rings. The largest absolute Gasteiger partial charge is 0.333 e. The molecule has 2 N–H and O–H groups in total. The molecule has 15 heavy (non-hydrogen) atoms. The summed E-state index contributed by atoms with van der Waals surface area (Å²) in [4.78, 5) is 17.9. The fourth-order valence-electron chi connectivity index (χ4n) is 1.49. The molecule has 0 saturated carbocycles. The standard InChI is InChI=1S/C10H13N3OS/c11-6-9-12-8(7-15-9)10(14)13-4-2-1-3-5-13/h1-2,7H,3-6,11H2. The van der Waals surface area contributed by atoms with Crippen LogP contribution in [-0.2, 0) is 6.54 Å². The summed E-state index contributed by atoms with van der Waals surface area (Å²) in [6.45, 7) is 1.87. The van der Waals surface area contributed by atoms with Crippen LogP contribution in [0.25, 0.3) is 0 Å². The summed E-state index contributed by atoms with van der Waals surface area (Å²) >= 11 is 1.44. The van der Waals surface area contributed by atoms with Gasteiger partial charge in [-0.2, -0.15) is 0 Å². The average molecular weight is 223 g/mol. The molecule has 0 radical (unpaired) electrons. The highest BCUT2D eigenvalue weighted by Crippen LogP contribution is 2.12. The third-order valence-electron chi connectivity index (χ3n) is 2.29. The summed E-state index contributed by atoms with van der Waals surface area (Å²) in [5, 5.41) is 2.59. The van der Waals surface area contributed by atoms with Gasteiger partial charge in [0.2, 0.25) is 0 Å². The molecule has 5 heteroatoms. The molecule has 0 bridgehead atoms. The Bertz CT molecular complexity index is 386. The maximum Gasteiger partial charge on any atom is 0.273 e. The second-order valence-electron chi connectivity index (χ2n) is 3.34. The quantitative estimate of drug-likeness (QED) is 0.761. The Labute approximate surface area is 92.4 Å². The van der Waals surface area contributed by atoms with Gasteiger partial charge < -0.3 is 10.6 Å². The fraction of sp³-hybridized carbons (Fsp3) is 0.400. The fourth-order valence-corrected chi connectivity index (χ4v) is 2.14. The third-order valence-corrected chi connectivity index (χ3v) is 3.16. The minimum atomic E-state index is 0.00954. The smallest absolute Gasteiger partial charge is 0.273 e. The highest BCUT2D eigenvalue weighted by molar-refractivity contribution is 7.09. The number of nitrogens with two attached hydrogens (primary N) is 1. The molecule has 0 aromatic carbocycles. The van der Waals surface area contributed by atoms with Crippen molar-refractivity contribution in [1.82, 2.24) is 9.88 Å². The molecule has 1 aliphatic rings. The lowest BCUT2D eigenvalue weighted by atomic mass is 10.2. The monoisotopic (exact) mass is 223 g/mol. The van der Waals surface area contributed by atoms with Gasteiger partial charge in [-0.1, -0.05) is 12.2 Å². The number of thiazole rings is 1. The summed E-state index contributed by atoms with van der Waals surface area (Å²) in [5.41, 5.74) is 5.98. The molecule has 1 aliphatic heterocycles. The number of nitrogens with zero attached hydrogens (tertiary/aromatic N) is 2. The van der Waals surface area contributed by atoms with Gasteiger partial charge in [-0.05, 0) is 6.42 Å². The first kappa shape index (κ1) is 10.3. The molecule has 2 heterocycles. The molecule has 4 nitrogen and oxygen atoms in total. The first-order chi connectivity index (χ1) is 7.31. The van der Waals surface area contributed by atoms with Gasteiger partial charge in [0, 0.05) is 25.0 Å². The molecule has 0 spiro atoms. The number of hydrogen-bond acceptors (Lipinski definition) is 4. The van der Waals surface area contributed by atoms with Crippen LogP contribution in [-0.4, -0.2) is 28.9 Å². The minimum absolute atomic E-state index is 0.00954. The molecule has 1 amide bonds. The summed E-state index contributed by atoms with van der Waals surface area (Å²) in [5.74, 6) is 0.00954. The molecular weight excluding hydrogens is 210 g/mol. The topological polar surface area (TPSA) is 59.2 Å². The first-order valence-corrected chi connectivity index (χ1v) is 5.78. The van der Waals surface area contributed by atoms with Crippen molar-refractivity contribution in [2.24, 2.45) is 5.73 Å². The van der Waals surface area contributed by atoms with Crippen LogP contribution < -0.4 is 5.73 Å². The third kappa shape index (κ3) is 2.24. The number of amides is 1. The molecular formula is C10H13N3OS. The highest BCUT2D eigenvalue weighted by Gasteiger charge is 2.18. The van der Waals surface area contributed by atoms with E-state index in [0.717, 1.165) is 18.0 Å². The zero-order valence-corrected chi connectivity index (χ0v) is 9.17. The summed E-state index contributed by atoms with van der Waals surface area (Å²) < 4.78 is 0. The van der Waals surface area contributed by atoms with Gasteiger partial charge in [-0.15, -0.1) is 11.3 Å². The highest BCUT2D eigenvalue weighted by atomic mass is 32.1. The number of carbonyl (C=O) groups is 1. The SMILES string of the molecule is NCc1nc(C(=O)N2CC=CCC2)cs1. The van der Waals surface area contributed by atoms with Crippen molar-refractivity contribution in [3.05, 3.63) is 28.2 Å². The molecule has 0 atom stereocenters. The molecule has 80 valence electrons. The van der Waals surface area contributed by atoms with Crippen LogP contribution in [0.5, 0.6) is 0 Å². The lowest BCUT2D eigenvalue weighted by Gasteiger charge is -2.22. The minimum Gasteiger partial charge on any atom is -0.333 e. The van der Waals surface area contributed by atoms with Crippen molar-refractivity contribution < 1.29 is 4.79 Å². The van der Waals surface area contributed by atoms with Crippen molar-refractivity contribution in [3.8, 4) is 0 Å². The van der Waals surface area contributed by atoms with Gasteiger partial charge in [0.05, 0.1) is 0 Å². The van der Waals surface area contributed by atoms with E-state index in [4.69, 9.17) is 5.73 Å². The van der Waals surface area contributed by atoms with E-state index >= 15 is 0 Å². The molecule has 0 saturated heterocycles. The predicted molar refractivity (Wildman–Crippen MR) is 59.7 cm³/mol. The van der Waals surface area contributed by atoms with Crippen LogP contribution in [0.3, 0.4) is 0 Å². The van der Waals surface area contributed by atoms with E-state index in [1.165, 1.54) is 11.3 Å². The summed E-state index contributed by atoms with van der Waals surface area (Å²) in [7, 11) is 0. The van der Waals surface area contributed by atoms with Gasteiger partial charge in [0.1, 0.15) is 10.7 Å². The van der Waals surface area contributed by atoms with Gasteiger partial charge in [-0.3, -0.25) is 4.79 Å². The Hall–Kier alpha value is -1.20. The summed E-state index contributed by atoms with van der Waals surface area (Å²) in [6, 6.07) is 0. The van der Waals surface area contributed by atoms with E-state index in [2.05, 4.69) is 11.1 Å². The zero-order chi connectivity index (χ0) is 10.7. The average Bonchev–Trinajstić information content (AvgIpc) is 2.78. The number of carbonyl (C=O) groups excluding carboxylic acids is 1. The van der Waals surface area contributed by atoms with Gasteiger partial charge in [-0.25, -0.2) is 4.98 Å². The first-order valence-electron chi connectivity index (χ1n) is 4.90. The van der Waals surface area contributed by atoms with Crippen LogP contribution in [0, 0.1) is 0 Å². The van der Waals surface area contributed by atoms with E-state index in [-0.39, 0.29) is 5.91 Å². The van der Waals surface area contributed by atoms with Crippen molar-refractivity contribution in [2.45, 2.75) is 13.0 Å². The van der Waals surface area contributed by atoms with Crippen molar-refractivity contribution >= 4 is 17.2 Å². The van der Waals surface area contributed by atoms with Crippen LogP contribution >= 0.6 is 11.3 Å². The van der Waals surface area contributed by atoms with E-state index in [9.17, 15) is 4.79 Å². The van der Waals surface area contributed by atoms with E-state index in [1.54, 1.807) is 10.3 Å². The number of aromatic nitrogens is 1. The molecule has 1 aromatic heterocycles. The predicted octanol–water partition coefficient (Wildman–Crippen LogP) is 1.00. The van der Waals surface area contributed by atoms with Crippen LogP contribution in [0.15, 0.2) is 17.5 Å². The maximum atomic E-state index is 11.9. The lowest BCUT2D eigenvalue weighted by molar-refractivity contribution is 0.0766. The van der Waals surface area contributed by atoms with Gasteiger partial charge >= 0.3 is 0 Å². The Morgan fingerprint density at radius 3 is 3.07 bits per heavy atom. The van der Waals surface area contributed by atoms with Crippen molar-refractivity contribution in [3.63, 3.8) is 0 Å². The van der Waals surface area contributed by atoms with Crippen LogP contribution in [0.4, 0.5) is 0 Å². The van der Waals surface area contributed by atoms with E-state index in [0.29, 0.717) is 18.8 Å². The molecule has 2 rings (SSSR count). The normalized spacial score (nSPS) is 15.7. The molecule has 0 unspecified atom stereocenters. The lowest BCUT2D eigenvalue weighted by Crippen LogP contribution is -2.33. The Morgan fingerprint density at radius 2 is 2.47 bits per heavy atom.